The van der Waals surface area contributed by atoms with Gasteiger partial charge in [-0.15, -0.1) is 11.8 Å². The van der Waals surface area contributed by atoms with Crippen molar-refractivity contribution in [3.05, 3.63) is 59.7 Å². The molecule has 0 aliphatic carbocycles. The van der Waals surface area contributed by atoms with Crippen molar-refractivity contribution in [1.29, 1.82) is 5.26 Å². The van der Waals surface area contributed by atoms with Crippen molar-refractivity contribution in [3.63, 3.8) is 0 Å². The van der Waals surface area contributed by atoms with Crippen molar-refractivity contribution >= 4 is 28.4 Å². The van der Waals surface area contributed by atoms with E-state index in [9.17, 15) is 5.26 Å². The third kappa shape index (κ3) is 3.70. The lowest BCUT2D eigenvalue weighted by molar-refractivity contribution is 0.414. The molecular formula is C20H19N3OS. The maximum atomic E-state index is 9.61. The quantitative estimate of drug-likeness (QED) is 0.664. The molecule has 0 aliphatic heterocycles. The van der Waals surface area contributed by atoms with Crippen molar-refractivity contribution in [2.45, 2.75) is 11.4 Å². The third-order valence-electron chi connectivity index (χ3n) is 4.04. The molecular weight excluding hydrogens is 330 g/mol. The van der Waals surface area contributed by atoms with Crippen LogP contribution in [0.3, 0.4) is 0 Å². The fraction of sp³-hybridized carbons (Fsp3) is 0.200. The van der Waals surface area contributed by atoms with Gasteiger partial charge in [0.15, 0.2) is 0 Å². The average molecular weight is 349 g/mol. The Morgan fingerprint density at radius 3 is 2.60 bits per heavy atom. The van der Waals surface area contributed by atoms with E-state index in [2.05, 4.69) is 28.5 Å². The number of benzene rings is 2. The lowest BCUT2D eigenvalue weighted by Crippen LogP contribution is -2.08. The molecule has 0 spiro atoms. The predicted molar refractivity (Wildman–Crippen MR) is 103 cm³/mol. The lowest BCUT2D eigenvalue weighted by atomic mass is 10.1. The van der Waals surface area contributed by atoms with E-state index in [0.29, 0.717) is 5.56 Å². The van der Waals surface area contributed by atoms with Crippen LogP contribution in [0.25, 0.3) is 10.9 Å². The number of hydrogen-bond donors (Lipinski definition) is 1. The maximum absolute atomic E-state index is 9.61. The van der Waals surface area contributed by atoms with Gasteiger partial charge in [-0.2, -0.15) is 5.26 Å². The molecule has 126 valence electrons. The zero-order valence-corrected chi connectivity index (χ0v) is 15.1. The van der Waals surface area contributed by atoms with Gasteiger partial charge in [-0.25, -0.2) is 4.98 Å². The molecule has 0 amide bonds. The number of anilines is 1. The topological polar surface area (TPSA) is 57.9 Å². The number of ether oxygens (including phenoxy) is 1. The molecule has 1 heterocycles. The van der Waals surface area contributed by atoms with Crippen LogP contribution in [-0.4, -0.2) is 24.9 Å². The van der Waals surface area contributed by atoms with Crippen LogP contribution in [0.2, 0.25) is 0 Å². The number of rotatable bonds is 6. The van der Waals surface area contributed by atoms with Crippen LogP contribution in [0.4, 0.5) is 5.69 Å². The second-order valence-electron chi connectivity index (χ2n) is 5.52. The molecule has 3 aromatic rings. The fourth-order valence-electron chi connectivity index (χ4n) is 2.75. The van der Waals surface area contributed by atoms with Crippen molar-refractivity contribution in [3.8, 4) is 11.8 Å². The highest BCUT2D eigenvalue weighted by Gasteiger charge is 2.14. The van der Waals surface area contributed by atoms with Crippen molar-refractivity contribution < 1.29 is 4.74 Å². The van der Waals surface area contributed by atoms with Gasteiger partial charge in [0, 0.05) is 11.9 Å². The smallest absolute Gasteiger partial charge is 0.118 e. The van der Waals surface area contributed by atoms with E-state index in [-0.39, 0.29) is 0 Å². The highest BCUT2D eigenvalue weighted by Crippen LogP contribution is 2.32. The summed E-state index contributed by atoms with van der Waals surface area (Å²) in [7, 11) is 1.66. The first kappa shape index (κ1) is 17.1. The summed E-state index contributed by atoms with van der Waals surface area (Å²) >= 11 is 1.50. The zero-order chi connectivity index (χ0) is 17.6. The Kier molecular flexibility index (Phi) is 5.42. The summed E-state index contributed by atoms with van der Waals surface area (Å²) in [6.45, 7) is 0.739. The lowest BCUT2D eigenvalue weighted by Gasteiger charge is -2.14. The molecule has 0 saturated heterocycles. The predicted octanol–water partition coefficient (Wildman–Crippen LogP) is 4.49. The summed E-state index contributed by atoms with van der Waals surface area (Å²) in [4.78, 5) is 4.60. The number of hydrogen-bond acceptors (Lipinski definition) is 5. The summed E-state index contributed by atoms with van der Waals surface area (Å²) in [5, 5.41) is 14.8. The van der Waals surface area contributed by atoms with E-state index in [0.717, 1.165) is 40.3 Å². The van der Waals surface area contributed by atoms with Crippen molar-refractivity contribution in [2.75, 3.05) is 25.2 Å². The van der Waals surface area contributed by atoms with Gasteiger partial charge >= 0.3 is 0 Å². The van der Waals surface area contributed by atoms with Crippen molar-refractivity contribution in [1.82, 2.24) is 4.98 Å². The minimum atomic E-state index is 0.612. The number of pyridine rings is 1. The number of nitrogens with one attached hydrogen (secondary N) is 1. The molecule has 2 aromatic carbocycles. The highest BCUT2D eigenvalue weighted by molar-refractivity contribution is 7.98. The molecule has 25 heavy (non-hydrogen) atoms. The van der Waals surface area contributed by atoms with E-state index in [4.69, 9.17) is 4.74 Å². The SMILES string of the molecule is COc1ccc(CCNc2c(C#N)c(SC)nc3ccccc23)cc1. The molecule has 3 rings (SSSR count). The summed E-state index contributed by atoms with van der Waals surface area (Å²) in [6, 6.07) is 18.3. The summed E-state index contributed by atoms with van der Waals surface area (Å²) in [6.07, 6.45) is 2.80. The van der Waals surface area contributed by atoms with Gasteiger partial charge in [0.2, 0.25) is 0 Å². The van der Waals surface area contributed by atoms with Crippen LogP contribution in [-0.2, 0) is 6.42 Å². The molecule has 0 saturated carbocycles. The Bertz CT molecular complexity index is 917. The van der Waals surface area contributed by atoms with E-state index in [1.165, 1.54) is 17.3 Å². The zero-order valence-electron chi connectivity index (χ0n) is 14.2. The van der Waals surface area contributed by atoms with Crippen LogP contribution >= 0.6 is 11.8 Å². The van der Waals surface area contributed by atoms with E-state index >= 15 is 0 Å². The monoisotopic (exact) mass is 349 g/mol. The standard InChI is InChI=1S/C20H19N3OS/c1-24-15-9-7-14(8-10-15)11-12-22-19-16-5-3-4-6-18(16)23-20(25-2)17(19)13-21/h3-10H,11-12H2,1-2H3,(H,22,23). The van der Waals surface area contributed by atoms with Crippen LogP contribution in [0.15, 0.2) is 53.6 Å². The van der Waals surface area contributed by atoms with Crippen LogP contribution in [0.5, 0.6) is 5.75 Å². The summed E-state index contributed by atoms with van der Waals surface area (Å²) < 4.78 is 5.19. The van der Waals surface area contributed by atoms with Gasteiger partial charge in [0.1, 0.15) is 22.4 Å². The number of methoxy groups -OCH3 is 1. The Morgan fingerprint density at radius 2 is 1.92 bits per heavy atom. The van der Waals surface area contributed by atoms with Gasteiger partial charge in [0.25, 0.3) is 0 Å². The molecule has 1 aromatic heterocycles. The molecule has 4 nitrogen and oxygen atoms in total. The largest absolute Gasteiger partial charge is 0.497 e. The number of nitriles is 1. The Morgan fingerprint density at radius 1 is 1.16 bits per heavy atom. The first-order valence-corrected chi connectivity index (χ1v) is 9.23. The molecule has 0 unspecified atom stereocenters. The van der Waals surface area contributed by atoms with Gasteiger partial charge in [-0.05, 0) is 36.4 Å². The van der Waals surface area contributed by atoms with Gasteiger partial charge in [-0.1, -0.05) is 30.3 Å². The normalized spacial score (nSPS) is 10.4. The minimum absolute atomic E-state index is 0.612. The molecule has 0 fully saturated rings. The summed E-state index contributed by atoms with van der Waals surface area (Å²) in [5.41, 5.74) is 3.60. The first-order chi connectivity index (χ1) is 12.3. The van der Waals surface area contributed by atoms with Crippen LogP contribution < -0.4 is 10.1 Å². The minimum Gasteiger partial charge on any atom is -0.497 e. The number of aromatic nitrogens is 1. The van der Waals surface area contributed by atoms with Gasteiger partial charge in [0.05, 0.1) is 18.3 Å². The van der Waals surface area contributed by atoms with Crippen LogP contribution in [0.1, 0.15) is 11.1 Å². The van der Waals surface area contributed by atoms with Crippen LogP contribution in [0, 0.1) is 11.3 Å². The molecule has 0 radical (unpaired) electrons. The molecule has 0 aliphatic rings. The van der Waals surface area contributed by atoms with Gasteiger partial charge in [-0.3, -0.25) is 0 Å². The number of nitrogens with zero attached hydrogens (tertiary/aromatic N) is 2. The summed E-state index contributed by atoms with van der Waals surface area (Å²) in [5.74, 6) is 0.855. The number of para-hydroxylation sites is 1. The van der Waals surface area contributed by atoms with Gasteiger partial charge < -0.3 is 10.1 Å². The maximum Gasteiger partial charge on any atom is 0.118 e. The Balaban J connectivity index is 1.85. The van der Waals surface area contributed by atoms with Crippen molar-refractivity contribution in [2.24, 2.45) is 0 Å². The molecule has 0 bridgehead atoms. The van der Waals surface area contributed by atoms with E-state index in [1.54, 1.807) is 7.11 Å². The second kappa shape index (κ2) is 7.91. The second-order valence-corrected chi connectivity index (χ2v) is 6.32. The Hall–Kier alpha value is -2.71. The van der Waals surface area contributed by atoms with E-state index < -0.39 is 0 Å². The number of thioether (sulfide) groups is 1. The third-order valence-corrected chi connectivity index (χ3v) is 4.72. The highest BCUT2D eigenvalue weighted by atomic mass is 32.2. The fourth-order valence-corrected chi connectivity index (χ4v) is 3.29. The van der Waals surface area contributed by atoms with E-state index in [1.807, 2.05) is 42.7 Å². The average Bonchev–Trinajstić information content (AvgIpc) is 2.67. The number of fused-ring (bicyclic) bond motifs is 1. The molecule has 1 N–H and O–H groups in total. The molecule has 0 atom stereocenters. The first-order valence-electron chi connectivity index (χ1n) is 8.00. The molecule has 5 heteroatoms. The Labute approximate surface area is 151 Å².